The maximum Gasteiger partial charge on any atom is 0.262 e. The van der Waals surface area contributed by atoms with E-state index in [1.54, 1.807) is 7.11 Å². The minimum absolute atomic E-state index is 0.0723. The molecule has 0 amide bonds. The minimum atomic E-state index is -1.35. The Kier molecular flexibility index (Phi) is 3.48. The molecule has 0 N–H and O–H groups in total. The highest BCUT2D eigenvalue weighted by molar-refractivity contribution is 5.95. The molecule has 0 aromatic heterocycles. The molecule has 4 nitrogen and oxygen atoms in total. The molecule has 0 aliphatic heterocycles. The number of ketones is 1. The van der Waals surface area contributed by atoms with Crippen LogP contribution in [0.5, 0.6) is 0 Å². The van der Waals surface area contributed by atoms with E-state index in [-0.39, 0.29) is 17.6 Å². The summed E-state index contributed by atoms with van der Waals surface area (Å²) in [6.07, 6.45) is 4.51. The van der Waals surface area contributed by atoms with Crippen LogP contribution < -0.4 is 0 Å². The molecule has 3 atom stereocenters. The SMILES string of the molecule is COC1(OC)C(=O)[C@H]2C=C[C@]1(OC)C[C@@H]2c1ccccc1. The van der Waals surface area contributed by atoms with E-state index in [9.17, 15) is 4.79 Å². The van der Waals surface area contributed by atoms with Crippen molar-refractivity contribution in [1.29, 1.82) is 0 Å². The van der Waals surface area contributed by atoms with Crippen molar-refractivity contribution in [2.75, 3.05) is 21.3 Å². The van der Waals surface area contributed by atoms with Gasteiger partial charge in [-0.1, -0.05) is 42.5 Å². The molecule has 1 aromatic rings. The normalized spacial score (nSPS) is 33.4. The molecular weight excluding hydrogens is 268 g/mol. The smallest absolute Gasteiger partial charge is 0.262 e. The number of rotatable bonds is 4. The van der Waals surface area contributed by atoms with E-state index in [2.05, 4.69) is 12.1 Å². The lowest BCUT2D eigenvalue weighted by atomic mass is 9.60. The van der Waals surface area contributed by atoms with Gasteiger partial charge in [-0.3, -0.25) is 4.79 Å². The first-order valence-corrected chi connectivity index (χ1v) is 7.08. The van der Waals surface area contributed by atoms with Gasteiger partial charge >= 0.3 is 0 Å². The molecule has 2 bridgehead atoms. The number of allylic oxidation sites excluding steroid dienone is 1. The lowest BCUT2D eigenvalue weighted by Gasteiger charge is -2.54. The zero-order chi connectivity index (χ0) is 15.1. The molecule has 0 saturated heterocycles. The predicted octanol–water partition coefficient (Wildman–Crippen LogP) is 2.30. The molecule has 0 unspecified atom stereocenters. The summed E-state index contributed by atoms with van der Waals surface area (Å²) in [6.45, 7) is 0. The van der Waals surface area contributed by atoms with E-state index in [0.29, 0.717) is 6.42 Å². The zero-order valence-electron chi connectivity index (χ0n) is 12.5. The number of benzene rings is 1. The first kappa shape index (κ1) is 14.4. The van der Waals surface area contributed by atoms with E-state index in [1.807, 2.05) is 30.4 Å². The van der Waals surface area contributed by atoms with Crippen LogP contribution in [-0.2, 0) is 19.0 Å². The molecule has 0 spiro atoms. The van der Waals surface area contributed by atoms with E-state index >= 15 is 0 Å². The molecule has 1 fully saturated rings. The third-order valence-electron chi connectivity index (χ3n) is 4.88. The number of ether oxygens (including phenoxy) is 3. The Labute approximate surface area is 124 Å². The highest BCUT2D eigenvalue weighted by atomic mass is 16.7. The van der Waals surface area contributed by atoms with Crippen molar-refractivity contribution in [2.45, 2.75) is 23.7 Å². The molecule has 0 heterocycles. The van der Waals surface area contributed by atoms with Gasteiger partial charge in [0.05, 0.1) is 0 Å². The first-order chi connectivity index (χ1) is 10.1. The summed E-state index contributed by atoms with van der Waals surface area (Å²) in [6, 6.07) is 10.1. The van der Waals surface area contributed by atoms with Crippen molar-refractivity contribution in [3.8, 4) is 0 Å². The van der Waals surface area contributed by atoms with E-state index in [1.165, 1.54) is 14.2 Å². The summed E-state index contributed by atoms with van der Waals surface area (Å²) in [5.74, 6) is -1.59. The van der Waals surface area contributed by atoms with Crippen LogP contribution in [0.4, 0.5) is 0 Å². The largest absolute Gasteiger partial charge is 0.368 e. The fourth-order valence-electron chi connectivity index (χ4n) is 3.80. The maximum atomic E-state index is 12.9. The molecule has 4 rings (SSSR count). The average molecular weight is 288 g/mol. The molecule has 1 aromatic carbocycles. The van der Waals surface area contributed by atoms with Crippen LogP contribution in [0.25, 0.3) is 0 Å². The fourth-order valence-corrected chi connectivity index (χ4v) is 3.80. The minimum Gasteiger partial charge on any atom is -0.368 e. The Hall–Kier alpha value is -1.49. The van der Waals surface area contributed by atoms with Gasteiger partial charge in [-0.15, -0.1) is 0 Å². The molecular formula is C17H20O4. The summed E-state index contributed by atoms with van der Waals surface area (Å²) in [4.78, 5) is 12.9. The van der Waals surface area contributed by atoms with Gasteiger partial charge in [-0.2, -0.15) is 0 Å². The Balaban J connectivity index is 2.09. The number of carbonyl (C=O) groups is 1. The van der Waals surface area contributed by atoms with Crippen LogP contribution in [0.15, 0.2) is 42.5 Å². The van der Waals surface area contributed by atoms with Gasteiger partial charge < -0.3 is 14.2 Å². The van der Waals surface area contributed by atoms with Gasteiger partial charge in [0.25, 0.3) is 5.79 Å². The summed E-state index contributed by atoms with van der Waals surface area (Å²) in [5, 5.41) is 0. The standard InChI is InChI=1S/C17H20O4/c1-19-16-10-9-13(15(18)17(16,20-2)21-3)14(11-16)12-7-5-4-6-8-12/h4-10,13-14H,11H2,1-3H3/t13-,14+,16-/m0/s1. The number of fused-ring (bicyclic) bond motifs is 2. The van der Waals surface area contributed by atoms with Gasteiger partial charge in [-0.05, 0) is 12.0 Å². The quantitative estimate of drug-likeness (QED) is 0.630. The lowest BCUT2D eigenvalue weighted by Crippen LogP contribution is -2.69. The average Bonchev–Trinajstić information content (AvgIpc) is 2.56. The summed E-state index contributed by atoms with van der Waals surface area (Å²) < 4.78 is 16.7. The third kappa shape index (κ3) is 1.76. The first-order valence-electron chi connectivity index (χ1n) is 7.08. The van der Waals surface area contributed by atoms with Crippen molar-refractivity contribution in [2.24, 2.45) is 5.92 Å². The van der Waals surface area contributed by atoms with Crippen molar-refractivity contribution < 1.29 is 19.0 Å². The molecule has 3 aliphatic rings. The van der Waals surface area contributed by atoms with E-state index in [0.717, 1.165) is 5.56 Å². The second-order valence-corrected chi connectivity index (χ2v) is 5.59. The van der Waals surface area contributed by atoms with Crippen LogP contribution in [0.3, 0.4) is 0 Å². The zero-order valence-corrected chi connectivity index (χ0v) is 12.5. The van der Waals surface area contributed by atoms with Gasteiger partial charge in [0, 0.05) is 33.2 Å². The van der Waals surface area contributed by atoms with E-state index < -0.39 is 11.4 Å². The van der Waals surface area contributed by atoms with Gasteiger partial charge in [0.2, 0.25) is 5.78 Å². The molecule has 0 radical (unpaired) electrons. The van der Waals surface area contributed by atoms with Crippen LogP contribution in [-0.4, -0.2) is 38.5 Å². The van der Waals surface area contributed by atoms with Crippen LogP contribution in [0.1, 0.15) is 17.9 Å². The highest BCUT2D eigenvalue weighted by Gasteiger charge is 2.66. The van der Waals surface area contributed by atoms with Gasteiger partial charge in [-0.25, -0.2) is 0 Å². The molecule has 3 aliphatic carbocycles. The van der Waals surface area contributed by atoms with Gasteiger partial charge in [0.15, 0.2) is 0 Å². The number of hydrogen-bond acceptors (Lipinski definition) is 4. The lowest BCUT2D eigenvalue weighted by molar-refractivity contribution is -0.290. The summed E-state index contributed by atoms with van der Waals surface area (Å²) >= 11 is 0. The van der Waals surface area contributed by atoms with Crippen LogP contribution in [0.2, 0.25) is 0 Å². The predicted molar refractivity (Wildman–Crippen MR) is 77.9 cm³/mol. The Morgan fingerprint density at radius 2 is 1.71 bits per heavy atom. The van der Waals surface area contributed by atoms with Crippen molar-refractivity contribution in [3.63, 3.8) is 0 Å². The summed E-state index contributed by atoms with van der Waals surface area (Å²) in [5.41, 5.74) is 0.255. The second-order valence-electron chi connectivity index (χ2n) is 5.59. The van der Waals surface area contributed by atoms with Crippen LogP contribution in [0, 0.1) is 5.92 Å². The number of hydrogen-bond donors (Lipinski definition) is 0. The highest BCUT2D eigenvalue weighted by Crippen LogP contribution is 2.53. The Bertz CT molecular complexity index is 561. The number of carbonyl (C=O) groups excluding carboxylic acids is 1. The van der Waals surface area contributed by atoms with E-state index in [4.69, 9.17) is 14.2 Å². The van der Waals surface area contributed by atoms with Crippen molar-refractivity contribution in [3.05, 3.63) is 48.0 Å². The van der Waals surface area contributed by atoms with Gasteiger partial charge in [0.1, 0.15) is 5.60 Å². The molecule has 21 heavy (non-hydrogen) atoms. The molecule has 1 saturated carbocycles. The van der Waals surface area contributed by atoms with Crippen molar-refractivity contribution >= 4 is 5.78 Å². The number of methoxy groups -OCH3 is 3. The second kappa shape index (κ2) is 5.05. The fraction of sp³-hybridized carbons (Fsp3) is 0.471. The van der Waals surface area contributed by atoms with Crippen LogP contribution >= 0.6 is 0 Å². The Morgan fingerprint density at radius 3 is 2.29 bits per heavy atom. The molecule has 112 valence electrons. The molecule has 4 heteroatoms. The topological polar surface area (TPSA) is 44.8 Å². The Morgan fingerprint density at radius 1 is 1.05 bits per heavy atom. The third-order valence-corrected chi connectivity index (χ3v) is 4.88. The summed E-state index contributed by atoms with van der Waals surface area (Å²) in [7, 11) is 4.58. The van der Waals surface area contributed by atoms with Crippen molar-refractivity contribution in [1.82, 2.24) is 0 Å². The number of Topliss-reactive ketones (excluding diaryl/α,β-unsaturated/α-hetero) is 1. The monoisotopic (exact) mass is 288 g/mol. The maximum absolute atomic E-state index is 12.9.